The Kier molecular flexibility index (Phi) is 6.65. The topological polar surface area (TPSA) is 144 Å². The highest BCUT2D eigenvalue weighted by Gasteiger charge is 2.55. The monoisotopic (exact) mass is 490 g/mol. The quantitative estimate of drug-likeness (QED) is 0.329. The molecule has 1 heterocycles. The molecule has 2 amide bonds. The Morgan fingerprint density at radius 2 is 2.15 bits per heavy atom. The molecule has 5 atom stereocenters. The summed E-state index contributed by atoms with van der Waals surface area (Å²) in [4.78, 5) is 44.4. The number of nitro groups is 1. The zero-order chi connectivity index (χ0) is 24.6. The minimum atomic E-state index is -0.692. The molecule has 2 aliphatic carbocycles. The second-order valence-electron chi connectivity index (χ2n) is 8.92. The van der Waals surface area contributed by atoms with Gasteiger partial charge in [-0.15, -0.1) is 0 Å². The minimum Gasteiger partial charge on any atom is -0.369 e. The van der Waals surface area contributed by atoms with Crippen molar-refractivity contribution in [1.82, 2.24) is 14.9 Å². The molecular weight excluding hydrogens is 467 g/mol. The molecular formula is C22H24ClFN6O4. The van der Waals surface area contributed by atoms with E-state index in [0.29, 0.717) is 24.9 Å². The molecule has 10 nitrogen and oxygen atoms in total. The lowest BCUT2D eigenvalue weighted by atomic mass is 9.77. The number of carbonyl (C=O) groups is 2. The zero-order valence-corrected chi connectivity index (χ0v) is 19.1. The predicted octanol–water partition coefficient (Wildman–Crippen LogP) is 2.76. The first kappa shape index (κ1) is 23.8. The first-order chi connectivity index (χ1) is 16.1. The normalized spacial score (nSPS) is 25.2. The van der Waals surface area contributed by atoms with Crippen molar-refractivity contribution in [2.75, 3.05) is 11.9 Å². The SMILES string of the molecule is CC(=O)N(Cc1cccc([N+](=O)[O-])c1)CC1CC2CC1C(Nc1nc(Cl)ncc1F)C2C(N)=O. The second-order valence-corrected chi connectivity index (χ2v) is 9.25. The van der Waals surface area contributed by atoms with Crippen LogP contribution in [0.15, 0.2) is 30.5 Å². The van der Waals surface area contributed by atoms with Crippen LogP contribution in [0.2, 0.25) is 5.28 Å². The lowest BCUT2D eigenvalue weighted by Gasteiger charge is -2.37. The van der Waals surface area contributed by atoms with E-state index in [1.807, 2.05) is 0 Å². The van der Waals surface area contributed by atoms with Crippen molar-refractivity contribution in [3.8, 4) is 0 Å². The fourth-order valence-corrected chi connectivity index (χ4v) is 5.62. The Balaban J connectivity index is 1.53. The number of non-ortho nitro benzene ring substituents is 1. The molecule has 2 saturated carbocycles. The minimum absolute atomic E-state index is 0.00279. The zero-order valence-electron chi connectivity index (χ0n) is 18.4. The van der Waals surface area contributed by atoms with Gasteiger partial charge in [-0.3, -0.25) is 19.7 Å². The molecule has 2 aromatic rings. The van der Waals surface area contributed by atoms with Gasteiger partial charge in [0.1, 0.15) is 0 Å². The van der Waals surface area contributed by atoms with E-state index in [9.17, 15) is 24.1 Å². The number of amides is 2. The van der Waals surface area contributed by atoms with Gasteiger partial charge in [0, 0.05) is 38.2 Å². The van der Waals surface area contributed by atoms with Gasteiger partial charge in [-0.25, -0.2) is 9.37 Å². The molecule has 2 aliphatic rings. The number of carbonyl (C=O) groups excluding carboxylic acids is 2. The van der Waals surface area contributed by atoms with Crippen LogP contribution in [-0.2, 0) is 16.1 Å². The Morgan fingerprint density at radius 1 is 1.38 bits per heavy atom. The van der Waals surface area contributed by atoms with Gasteiger partial charge in [0.2, 0.25) is 17.1 Å². The van der Waals surface area contributed by atoms with Crippen LogP contribution in [-0.4, -0.2) is 44.2 Å². The number of hydrogen-bond acceptors (Lipinski definition) is 7. The summed E-state index contributed by atoms with van der Waals surface area (Å²) in [7, 11) is 0. The molecule has 1 aromatic carbocycles. The molecule has 12 heteroatoms. The fraction of sp³-hybridized carbons (Fsp3) is 0.455. The molecule has 0 saturated heterocycles. The lowest BCUT2D eigenvalue weighted by Crippen LogP contribution is -2.47. The van der Waals surface area contributed by atoms with Crippen LogP contribution in [0.5, 0.6) is 0 Å². The Labute approximate surface area is 199 Å². The Hall–Kier alpha value is -3.34. The molecule has 0 aliphatic heterocycles. The number of benzene rings is 1. The van der Waals surface area contributed by atoms with Crippen molar-refractivity contribution >= 4 is 34.9 Å². The molecule has 0 radical (unpaired) electrons. The second kappa shape index (κ2) is 9.49. The van der Waals surface area contributed by atoms with Gasteiger partial charge in [-0.05, 0) is 47.8 Å². The van der Waals surface area contributed by atoms with Crippen LogP contribution < -0.4 is 11.1 Å². The number of nitrogens with one attached hydrogen (secondary N) is 1. The van der Waals surface area contributed by atoms with Crippen molar-refractivity contribution in [3.05, 3.63) is 57.2 Å². The summed E-state index contributed by atoms with van der Waals surface area (Å²) in [6.07, 6.45) is 2.36. The van der Waals surface area contributed by atoms with Crippen LogP contribution in [0.4, 0.5) is 15.9 Å². The third-order valence-electron chi connectivity index (χ3n) is 6.88. The van der Waals surface area contributed by atoms with Crippen LogP contribution >= 0.6 is 11.6 Å². The van der Waals surface area contributed by atoms with Crippen molar-refractivity contribution in [1.29, 1.82) is 0 Å². The van der Waals surface area contributed by atoms with Gasteiger partial charge in [0.25, 0.3) is 5.69 Å². The molecule has 4 rings (SSSR count). The third kappa shape index (κ3) is 4.79. The summed E-state index contributed by atoms with van der Waals surface area (Å²) in [5.41, 5.74) is 6.29. The average molecular weight is 491 g/mol. The van der Waals surface area contributed by atoms with E-state index in [4.69, 9.17) is 17.3 Å². The summed E-state index contributed by atoms with van der Waals surface area (Å²) in [6, 6.07) is 5.71. The fourth-order valence-electron chi connectivity index (χ4n) is 5.49. The number of fused-ring (bicyclic) bond motifs is 2. The molecule has 0 spiro atoms. The summed E-state index contributed by atoms with van der Waals surface area (Å²) in [5, 5.41) is 14.0. The number of primary amides is 1. The van der Waals surface area contributed by atoms with E-state index >= 15 is 0 Å². The number of anilines is 1. The number of nitro benzene ring substituents is 1. The maximum atomic E-state index is 14.3. The summed E-state index contributed by atoms with van der Waals surface area (Å²) in [6.45, 7) is 2.07. The maximum absolute atomic E-state index is 14.3. The van der Waals surface area contributed by atoms with Crippen molar-refractivity contribution < 1.29 is 18.9 Å². The van der Waals surface area contributed by atoms with Crippen LogP contribution in [0, 0.1) is 39.6 Å². The van der Waals surface area contributed by atoms with Gasteiger partial charge in [-0.2, -0.15) is 4.98 Å². The molecule has 180 valence electrons. The van der Waals surface area contributed by atoms with E-state index in [-0.39, 0.29) is 47.0 Å². The van der Waals surface area contributed by atoms with Gasteiger partial charge in [0.05, 0.1) is 17.0 Å². The Bertz CT molecular complexity index is 1130. The van der Waals surface area contributed by atoms with E-state index in [0.717, 1.165) is 6.20 Å². The molecule has 1 aromatic heterocycles. The lowest BCUT2D eigenvalue weighted by molar-refractivity contribution is -0.384. The summed E-state index contributed by atoms with van der Waals surface area (Å²) >= 11 is 5.81. The number of halogens is 2. The number of hydrogen-bond donors (Lipinski definition) is 2. The van der Waals surface area contributed by atoms with Crippen molar-refractivity contribution in [2.24, 2.45) is 29.4 Å². The van der Waals surface area contributed by atoms with E-state index in [1.165, 1.54) is 19.1 Å². The van der Waals surface area contributed by atoms with Crippen LogP contribution in [0.25, 0.3) is 0 Å². The summed E-state index contributed by atoms with van der Waals surface area (Å²) < 4.78 is 14.3. The molecule has 2 fully saturated rings. The highest BCUT2D eigenvalue weighted by molar-refractivity contribution is 6.28. The Morgan fingerprint density at radius 3 is 2.82 bits per heavy atom. The van der Waals surface area contributed by atoms with Crippen LogP contribution in [0.1, 0.15) is 25.3 Å². The largest absolute Gasteiger partial charge is 0.369 e. The van der Waals surface area contributed by atoms with E-state index in [1.54, 1.807) is 17.0 Å². The molecule has 34 heavy (non-hydrogen) atoms. The average Bonchev–Trinajstić information content (AvgIpc) is 3.34. The van der Waals surface area contributed by atoms with Crippen molar-refractivity contribution in [2.45, 2.75) is 32.4 Å². The molecule has 5 unspecified atom stereocenters. The summed E-state index contributed by atoms with van der Waals surface area (Å²) in [5.74, 6) is -1.95. The predicted molar refractivity (Wildman–Crippen MR) is 121 cm³/mol. The van der Waals surface area contributed by atoms with Crippen molar-refractivity contribution in [3.63, 3.8) is 0 Å². The number of nitrogens with zero attached hydrogens (tertiary/aromatic N) is 4. The highest BCUT2D eigenvalue weighted by Crippen LogP contribution is 2.53. The standard InChI is InChI=1S/C22H24ClFN6O4/c1-11(31)29(9-12-3-2-4-15(5-12)30(33)34)10-14-6-13-7-16(14)19(18(13)20(25)32)27-21-17(24)8-26-22(23)28-21/h2-5,8,13-14,16,18-19H,6-7,9-10H2,1H3,(H2,25,32)(H,26,27,28). The molecule has 2 bridgehead atoms. The van der Waals surface area contributed by atoms with Crippen LogP contribution in [0.3, 0.4) is 0 Å². The number of rotatable bonds is 8. The van der Waals surface area contributed by atoms with E-state index in [2.05, 4.69) is 15.3 Å². The van der Waals surface area contributed by atoms with Gasteiger partial charge < -0.3 is 16.0 Å². The first-order valence-corrected chi connectivity index (χ1v) is 11.2. The third-order valence-corrected chi connectivity index (χ3v) is 7.07. The smallest absolute Gasteiger partial charge is 0.269 e. The van der Waals surface area contributed by atoms with Gasteiger partial charge in [-0.1, -0.05) is 12.1 Å². The number of aromatic nitrogens is 2. The first-order valence-electron chi connectivity index (χ1n) is 10.9. The van der Waals surface area contributed by atoms with E-state index < -0.39 is 28.6 Å². The number of nitrogens with two attached hydrogens (primary N) is 1. The van der Waals surface area contributed by atoms with Gasteiger partial charge in [0.15, 0.2) is 11.6 Å². The maximum Gasteiger partial charge on any atom is 0.269 e. The highest BCUT2D eigenvalue weighted by atomic mass is 35.5. The van der Waals surface area contributed by atoms with Gasteiger partial charge >= 0.3 is 0 Å². The molecule has 3 N–H and O–H groups in total.